The standard InChI is InChI=1S/C20H24N2O2/c1-20(2,23)15-22(3)13-17-7-5-9-19(11-17)24-14-18-8-4-6-16(10-18)12-21/h4-11,23H,13-15H2,1-3H3. The smallest absolute Gasteiger partial charge is 0.120 e. The van der Waals surface area contributed by atoms with Gasteiger partial charge in [0, 0.05) is 13.1 Å². The first-order valence-corrected chi connectivity index (χ1v) is 7.97. The molecule has 2 rings (SSSR count). The highest BCUT2D eigenvalue weighted by molar-refractivity contribution is 5.33. The fraction of sp³-hybridized carbons (Fsp3) is 0.350. The largest absolute Gasteiger partial charge is 0.489 e. The molecular formula is C20H24N2O2. The van der Waals surface area contributed by atoms with Gasteiger partial charge in [0.1, 0.15) is 12.4 Å². The third-order valence-electron chi connectivity index (χ3n) is 3.47. The van der Waals surface area contributed by atoms with Gasteiger partial charge < -0.3 is 9.84 Å². The van der Waals surface area contributed by atoms with Gasteiger partial charge in [0.2, 0.25) is 0 Å². The second-order valence-electron chi connectivity index (χ2n) is 6.73. The summed E-state index contributed by atoms with van der Waals surface area (Å²) in [7, 11) is 1.99. The number of rotatable bonds is 7. The number of benzene rings is 2. The van der Waals surface area contributed by atoms with Crippen molar-refractivity contribution in [3.63, 3.8) is 0 Å². The summed E-state index contributed by atoms with van der Waals surface area (Å²) in [5.41, 5.74) is 2.02. The molecule has 2 aromatic rings. The van der Waals surface area contributed by atoms with Crippen LogP contribution in [0.5, 0.6) is 5.75 Å². The fourth-order valence-corrected chi connectivity index (χ4v) is 2.66. The van der Waals surface area contributed by atoms with Crippen LogP contribution in [0.1, 0.15) is 30.5 Å². The Balaban J connectivity index is 1.96. The Hall–Kier alpha value is -2.35. The summed E-state index contributed by atoms with van der Waals surface area (Å²) in [6.45, 7) is 5.37. The van der Waals surface area contributed by atoms with Crippen molar-refractivity contribution < 1.29 is 9.84 Å². The Kier molecular flexibility index (Phi) is 5.97. The Bertz CT molecular complexity index is 714. The van der Waals surface area contributed by atoms with Crippen LogP contribution in [-0.2, 0) is 13.2 Å². The molecule has 4 heteroatoms. The third-order valence-corrected chi connectivity index (χ3v) is 3.47. The molecule has 24 heavy (non-hydrogen) atoms. The van der Waals surface area contributed by atoms with Gasteiger partial charge in [-0.05, 0) is 56.3 Å². The minimum absolute atomic E-state index is 0.429. The minimum atomic E-state index is -0.714. The molecule has 0 fully saturated rings. The van der Waals surface area contributed by atoms with Gasteiger partial charge in [-0.15, -0.1) is 0 Å². The fourth-order valence-electron chi connectivity index (χ4n) is 2.66. The molecule has 0 atom stereocenters. The van der Waals surface area contributed by atoms with E-state index in [-0.39, 0.29) is 0 Å². The van der Waals surface area contributed by atoms with Crippen molar-refractivity contribution >= 4 is 0 Å². The van der Waals surface area contributed by atoms with E-state index in [4.69, 9.17) is 10.00 Å². The number of likely N-dealkylation sites (N-methyl/N-ethyl adjacent to an activating group) is 1. The lowest BCUT2D eigenvalue weighted by atomic mass is 10.1. The maximum absolute atomic E-state index is 9.88. The molecule has 0 spiro atoms. The molecule has 0 radical (unpaired) electrons. The lowest BCUT2D eigenvalue weighted by Crippen LogP contribution is -2.35. The van der Waals surface area contributed by atoms with Gasteiger partial charge in [0.25, 0.3) is 0 Å². The normalized spacial score (nSPS) is 11.3. The second-order valence-corrected chi connectivity index (χ2v) is 6.73. The van der Waals surface area contributed by atoms with Crippen LogP contribution in [0.15, 0.2) is 48.5 Å². The monoisotopic (exact) mass is 324 g/mol. The first-order valence-electron chi connectivity index (χ1n) is 7.97. The van der Waals surface area contributed by atoms with E-state index in [0.29, 0.717) is 18.7 Å². The zero-order valence-corrected chi connectivity index (χ0v) is 14.5. The molecule has 0 bridgehead atoms. The van der Waals surface area contributed by atoms with Crippen LogP contribution in [-0.4, -0.2) is 29.2 Å². The second kappa shape index (κ2) is 7.96. The zero-order chi connectivity index (χ0) is 17.6. The van der Waals surface area contributed by atoms with Crippen molar-refractivity contribution in [2.45, 2.75) is 32.6 Å². The average Bonchev–Trinajstić information content (AvgIpc) is 2.51. The molecule has 0 unspecified atom stereocenters. The van der Waals surface area contributed by atoms with Gasteiger partial charge in [0.05, 0.1) is 17.2 Å². The van der Waals surface area contributed by atoms with Gasteiger partial charge >= 0.3 is 0 Å². The summed E-state index contributed by atoms with van der Waals surface area (Å²) in [6.07, 6.45) is 0. The molecule has 0 heterocycles. The quantitative estimate of drug-likeness (QED) is 0.848. The molecule has 0 amide bonds. The van der Waals surface area contributed by atoms with E-state index in [1.165, 1.54) is 0 Å². The van der Waals surface area contributed by atoms with Crippen molar-refractivity contribution in [1.82, 2.24) is 4.90 Å². The van der Waals surface area contributed by atoms with Crippen molar-refractivity contribution in [2.24, 2.45) is 0 Å². The van der Waals surface area contributed by atoms with Gasteiger partial charge in [-0.25, -0.2) is 0 Å². The third kappa shape index (κ3) is 6.04. The summed E-state index contributed by atoms with van der Waals surface area (Å²) >= 11 is 0. The number of aliphatic hydroxyl groups is 1. The molecule has 1 N–H and O–H groups in total. The highest BCUT2D eigenvalue weighted by Crippen LogP contribution is 2.17. The Morgan fingerprint density at radius 3 is 2.54 bits per heavy atom. The van der Waals surface area contributed by atoms with E-state index in [2.05, 4.69) is 11.0 Å². The van der Waals surface area contributed by atoms with E-state index in [1.54, 1.807) is 19.9 Å². The van der Waals surface area contributed by atoms with E-state index < -0.39 is 5.60 Å². The van der Waals surface area contributed by atoms with Crippen LogP contribution in [0.25, 0.3) is 0 Å². The predicted molar refractivity (Wildman–Crippen MR) is 94.6 cm³/mol. The zero-order valence-electron chi connectivity index (χ0n) is 14.5. The summed E-state index contributed by atoms with van der Waals surface area (Å²) in [5, 5.41) is 18.8. The Morgan fingerprint density at radius 2 is 1.83 bits per heavy atom. The first kappa shape index (κ1) is 18.0. The summed E-state index contributed by atoms with van der Waals surface area (Å²) in [6, 6.07) is 17.5. The maximum Gasteiger partial charge on any atom is 0.120 e. The molecule has 0 aliphatic carbocycles. The number of nitriles is 1. The minimum Gasteiger partial charge on any atom is -0.489 e. The lowest BCUT2D eigenvalue weighted by Gasteiger charge is -2.25. The molecule has 0 aliphatic rings. The number of hydrogen-bond acceptors (Lipinski definition) is 4. The number of hydrogen-bond donors (Lipinski definition) is 1. The van der Waals surface area contributed by atoms with E-state index >= 15 is 0 Å². The van der Waals surface area contributed by atoms with Gasteiger partial charge in [-0.3, -0.25) is 4.90 Å². The van der Waals surface area contributed by atoms with E-state index in [9.17, 15) is 5.11 Å². The van der Waals surface area contributed by atoms with Crippen molar-refractivity contribution in [3.8, 4) is 11.8 Å². The van der Waals surface area contributed by atoms with E-state index in [0.717, 1.165) is 23.4 Å². The van der Waals surface area contributed by atoms with Crippen molar-refractivity contribution in [3.05, 3.63) is 65.2 Å². The molecule has 0 saturated heterocycles. The van der Waals surface area contributed by atoms with E-state index in [1.807, 2.05) is 49.5 Å². The molecule has 0 aliphatic heterocycles. The molecule has 0 saturated carbocycles. The van der Waals surface area contributed by atoms with Gasteiger partial charge in [-0.1, -0.05) is 24.3 Å². The van der Waals surface area contributed by atoms with Gasteiger partial charge in [-0.2, -0.15) is 5.26 Å². The van der Waals surface area contributed by atoms with Crippen LogP contribution in [0.3, 0.4) is 0 Å². The Labute approximate surface area is 143 Å². The lowest BCUT2D eigenvalue weighted by molar-refractivity contribution is 0.0425. The Morgan fingerprint density at radius 1 is 1.12 bits per heavy atom. The highest BCUT2D eigenvalue weighted by Gasteiger charge is 2.15. The molecule has 4 nitrogen and oxygen atoms in total. The van der Waals surface area contributed by atoms with Crippen LogP contribution in [0.4, 0.5) is 0 Å². The highest BCUT2D eigenvalue weighted by atomic mass is 16.5. The molecular weight excluding hydrogens is 300 g/mol. The SMILES string of the molecule is CN(Cc1cccc(OCc2cccc(C#N)c2)c1)CC(C)(C)O. The van der Waals surface area contributed by atoms with Crippen LogP contribution >= 0.6 is 0 Å². The molecule has 126 valence electrons. The topological polar surface area (TPSA) is 56.5 Å². The average molecular weight is 324 g/mol. The van der Waals surface area contributed by atoms with Crippen molar-refractivity contribution in [2.75, 3.05) is 13.6 Å². The van der Waals surface area contributed by atoms with Crippen LogP contribution in [0, 0.1) is 11.3 Å². The van der Waals surface area contributed by atoms with Crippen molar-refractivity contribution in [1.29, 1.82) is 5.26 Å². The first-order chi connectivity index (χ1) is 11.4. The summed E-state index contributed by atoms with van der Waals surface area (Å²) in [4.78, 5) is 2.08. The summed E-state index contributed by atoms with van der Waals surface area (Å²) < 4.78 is 5.84. The van der Waals surface area contributed by atoms with Crippen LogP contribution < -0.4 is 4.74 Å². The predicted octanol–water partition coefficient (Wildman–Crippen LogP) is 3.34. The molecule has 0 aromatic heterocycles. The maximum atomic E-state index is 9.88. The summed E-state index contributed by atoms with van der Waals surface area (Å²) in [5.74, 6) is 0.798. The number of ether oxygens (including phenoxy) is 1. The van der Waals surface area contributed by atoms with Crippen LogP contribution in [0.2, 0.25) is 0 Å². The van der Waals surface area contributed by atoms with Gasteiger partial charge in [0.15, 0.2) is 0 Å². The number of nitrogens with zero attached hydrogens (tertiary/aromatic N) is 2. The molecule has 2 aromatic carbocycles.